The number of carbonyl (C=O) groups is 1. The molecule has 0 aromatic heterocycles. The molecule has 0 fully saturated rings. The molecular weight excluding hydrogens is 212 g/mol. The molecule has 1 aliphatic rings. The molecular formula is C10H6F4O. The highest BCUT2D eigenvalue weighted by molar-refractivity contribution is 6.00. The lowest BCUT2D eigenvalue weighted by Gasteiger charge is -2.10. The largest absolute Gasteiger partial charge is 0.419 e. The van der Waals surface area contributed by atoms with Crippen LogP contribution in [0.2, 0.25) is 0 Å². The Hall–Kier alpha value is -1.39. The molecule has 1 aromatic carbocycles. The molecule has 15 heavy (non-hydrogen) atoms. The standard InChI is InChI=1S/C10H6F4O/c11-9-6-2-4-8(15)5(6)1-3-7(9)10(12,13)14/h1,3H,2,4H2. The van der Waals surface area contributed by atoms with E-state index < -0.39 is 17.6 Å². The number of benzene rings is 1. The topological polar surface area (TPSA) is 17.1 Å². The molecule has 0 unspecified atom stereocenters. The molecule has 0 saturated heterocycles. The van der Waals surface area contributed by atoms with Gasteiger partial charge in [0, 0.05) is 12.0 Å². The van der Waals surface area contributed by atoms with Crippen LogP contribution >= 0.6 is 0 Å². The second-order valence-corrected chi connectivity index (χ2v) is 3.37. The van der Waals surface area contributed by atoms with Gasteiger partial charge >= 0.3 is 6.18 Å². The van der Waals surface area contributed by atoms with Crippen LogP contribution in [0.15, 0.2) is 12.1 Å². The van der Waals surface area contributed by atoms with Crippen molar-refractivity contribution in [3.8, 4) is 0 Å². The van der Waals surface area contributed by atoms with Crippen molar-refractivity contribution in [2.45, 2.75) is 19.0 Å². The van der Waals surface area contributed by atoms with Crippen LogP contribution in [0.4, 0.5) is 17.6 Å². The van der Waals surface area contributed by atoms with E-state index in [1.807, 2.05) is 0 Å². The van der Waals surface area contributed by atoms with Gasteiger partial charge in [-0.25, -0.2) is 4.39 Å². The summed E-state index contributed by atoms with van der Waals surface area (Å²) in [5.74, 6) is -1.59. The van der Waals surface area contributed by atoms with Crippen LogP contribution in [0.5, 0.6) is 0 Å². The van der Waals surface area contributed by atoms with Crippen LogP contribution in [0, 0.1) is 5.82 Å². The Morgan fingerprint density at radius 2 is 1.80 bits per heavy atom. The number of carbonyl (C=O) groups excluding carboxylic acids is 1. The molecule has 0 aliphatic heterocycles. The molecule has 1 aliphatic carbocycles. The van der Waals surface area contributed by atoms with Gasteiger partial charge < -0.3 is 0 Å². The van der Waals surface area contributed by atoms with Gasteiger partial charge in [-0.1, -0.05) is 6.07 Å². The molecule has 2 rings (SSSR count). The second-order valence-electron chi connectivity index (χ2n) is 3.37. The van der Waals surface area contributed by atoms with Crippen LogP contribution in [0.1, 0.15) is 27.9 Å². The van der Waals surface area contributed by atoms with Gasteiger partial charge in [0.05, 0.1) is 5.56 Å². The Labute approximate surface area is 82.7 Å². The molecule has 0 saturated carbocycles. The zero-order valence-corrected chi connectivity index (χ0v) is 7.49. The summed E-state index contributed by atoms with van der Waals surface area (Å²) >= 11 is 0. The van der Waals surface area contributed by atoms with Crippen molar-refractivity contribution in [3.63, 3.8) is 0 Å². The number of alkyl halides is 3. The lowest BCUT2D eigenvalue weighted by Crippen LogP contribution is -2.10. The van der Waals surface area contributed by atoms with Gasteiger partial charge in [-0.2, -0.15) is 13.2 Å². The zero-order chi connectivity index (χ0) is 11.2. The van der Waals surface area contributed by atoms with E-state index in [0.29, 0.717) is 6.07 Å². The van der Waals surface area contributed by atoms with Crippen molar-refractivity contribution in [3.05, 3.63) is 34.6 Å². The maximum absolute atomic E-state index is 13.4. The first-order valence-electron chi connectivity index (χ1n) is 4.33. The first kappa shape index (κ1) is 10.1. The zero-order valence-electron chi connectivity index (χ0n) is 7.49. The molecule has 1 aromatic rings. The third-order valence-corrected chi connectivity index (χ3v) is 2.45. The molecule has 0 radical (unpaired) electrons. The fourth-order valence-corrected chi connectivity index (χ4v) is 1.72. The summed E-state index contributed by atoms with van der Waals surface area (Å²) in [6, 6.07) is 1.67. The van der Waals surface area contributed by atoms with E-state index in [9.17, 15) is 22.4 Å². The molecule has 80 valence electrons. The summed E-state index contributed by atoms with van der Waals surface area (Å²) in [7, 11) is 0. The number of hydrogen-bond donors (Lipinski definition) is 0. The summed E-state index contributed by atoms with van der Waals surface area (Å²) in [4.78, 5) is 11.1. The normalized spacial score (nSPS) is 15.6. The van der Waals surface area contributed by atoms with Gasteiger partial charge in [0.25, 0.3) is 0 Å². The molecule has 0 spiro atoms. The van der Waals surface area contributed by atoms with E-state index in [-0.39, 0.29) is 29.8 Å². The Morgan fingerprint density at radius 1 is 1.13 bits per heavy atom. The Morgan fingerprint density at radius 3 is 2.40 bits per heavy atom. The highest BCUT2D eigenvalue weighted by atomic mass is 19.4. The van der Waals surface area contributed by atoms with E-state index in [1.54, 1.807) is 0 Å². The highest BCUT2D eigenvalue weighted by Crippen LogP contribution is 2.35. The summed E-state index contributed by atoms with van der Waals surface area (Å²) in [6.45, 7) is 0. The lowest BCUT2D eigenvalue weighted by atomic mass is 10.0. The van der Waals surface area contributed by atoms with Crippen LogP contribution in [-0.2, 0) is 12.6 Å². The number of halogens is 4. The van der Waals surface area contributed by atoms with Crippen molar-refractivity contribution in [2.75, 3.05) is 0 Å². The molecule has 0 bridgehead atoms. The quantitative estimate of drug-likeness (QED) is 0.612. The summed E-state index contributed by atoms with van der Waals surface area (Å²) in [5.41, 5.74) is -1.31. The van der Waals surface area contributed by atoms with E-state index in [1.165, 1.54) is 0 Å². The van der Waals surface area contributed by atoms with Crippen LogP contribution in [-0.4, -0.2) is 5.78 Å². The number of rotatable bonds is 0. The molecule has 0 amide bonds. The number of ketones is 1. The summed E-state index contributed by atoms with van der Waals surface area (Å²) in [5, 5.41) is 0. The number of Topliss-reactive ketones (excluding diaryl/α,β-unsaturated/α-hetero) is 1. The third kappa shape index (κ3) is 1.52. The average Bonchev–Trinajstić information content (AvgIpc) is 2.47. The average molecular weight is 218 g/mol. The summed E-state index contributed by atoms with van der Waals surface area (Å²) < 4.78 is 50.2. The fourth-order valence-electron chi connectivity index (χ4n) is 1.72. The number of hydrogen-bond acceptors (Lipinski definition) is 1. The van der Waals surface area contributed by atoms with E-state index >= 15 is 0 Å². The maximum Gasteiger partial charge on any atom is 0.419 e. The van der Waals surface area contributed by atoms with Crippen LogP contribution < -0.4 is 0 Å². The second kappa shape index (κ2) is 3.05. The Kier molecular flexibility index (Phi) is 2.06. The van der Waals surface area contributed by atoms with Gasteiger partial charge in [0.2, 0.25) is 0 Å². The predicted molar refractivity (Wildman–Crippen MR) is 44.1 cm³/mol. The minimum atomic E-state index is -4.70. The molecule has 5 heteroatoms. The van der Waals surface area contributed by atoms with Crippen molar-refractivity contribution in [2.24, 2.45) is 0 Å². The minimum absolute atomic E-state index is 0.0594. The first-order chi connectivity index (χ1) is 6.91. The SMILES string of the molecule is O=C1CCc2c1ccc(C(F)(F)F)c2F. The van der Waals surface area contributed by atoms with E-state index in [0.717, 1.165) is 6.07 Å². The Balaban J connectivity index is 2.61. The van der Waals surface area contributed by atoms with Crippen molar-refractivity contribution in [1.29, 1.82) is 0 Å². The third-order valence-electron chi connectivity index (χ3n) is 2.45. The molecule has 0 heterocycles. The predicted octanol–water partition coefficient (Wildman–Crippen LogP) is 2.97. The minimum Gasteiger partial charge on any atom is -0.294 e. The highest BCUT2D eigenvalue weighted by Gasteiger charge is 2.37. The van der Waals surface area contributed by atoms with Crippen molar-refractivity contribution >= 4 is 5.78 Å². The van der Waals surface area contributed by atoms with E-state index in [2.05, 4.69) is 0 Å². The molecule has 1 nitrogen and oxygen atoms in total. The van der Waals surface area contributed by atoms with Gasteiger partial charge in [-0.3, -0.25) is 4.79 Å². The van der Waals surface area contributed by atoms with E-state index in [4.69, 9.17) is 0 Å². The maximum atomic E-state index is 13.4. The molecule has 0 N–H and O–H groups in total. The van der Waals surface area contributed by atoms with Crippen molar-refractivity contribution in [1.82, 2.24) is 0 Å². The van der Waals surface area contributed by atoms with Crippen LogP contribution in [0.25, 0.3) is 0 Å². The fraction of sp³-hybridized carbons (Fsp3) is 0.300. The number of fused-ring (bicyclic) bond motifs is 1. The summed E-state index contributed by atoms with van der Waals surface area (Å²) in [6.07, 6.45) is -4.55. The van der Waals surface area contributed by atoms with Gasteiger partial charge in [-0.15, -0.1) is 0 Å². The molecule has 0 atom stereocenters. The van der Waals surface area contributed by atoms with Gasteiger partial charge in [0.1, 0.15) is 5.82 Å². The van der Waals surface area contributed by atoms with Crippen LogP contribution in [0.3, 0.4) is 0 Å². The smallest absolute Gasteiger partial charge is 0.294 e. The van der Waals surface area contributed by atoms with Crippen molar-refractivity contribution < 1.29 is 22.4 Å². The Bertz CT molecular complexity index is 434. The van der Waals surface area contributed by atoms with Gasteiger partial charge in [-0.05, 0) is 18.1 Å². The monoisotopic (exact) mass is 218 g/mol. The first-order valence-corrected chi connectivity index (χ1v) is 4.33. The lowest BCUT2D eigenvalue weighted by molar-refractivity contribution is -0.140. The van der Waals surface area contributed by atoms with Gasteiger partial charge in [0.15, 0.2) is 5.78 Å².